The number of rotatable bonds is 16. The van der Waals surface area contributed by atoms with Gasteiger partial charge in [0.1, 0.15) is 23.5 Å². The van der Waals surface area contributed by atoms with Crippen LogP contribution in [0.1, 0.15) is 97.4 Å². The number of methoxy groups -OCH3 is 1. The number of amides is 6. The van der Waals surface area contributed by atoms with E-state index in [9.17, 15) is 28.8 Å². The lowest BCUT2D eigenvalue weighted by Gasteiger charge is -2.43. The Hall–Kier alpha value is -6.10. The molecule has 0 radical (unpaired) electrons. The highest BCUT2D eigenvalue weighted by Crippen LogP contribution is 2.40. The second-order valence-corrected chi connectivity index (χ2v) is 15.4. The minimum absolute atomic E-state index is 0.0544. The van der Waals surface area contributed by atoms with Gasteiger partial charge in [-0.1, -0.05) is 25.8 Å². The molecule has 312 valence electrons. The first kappa shape index (κ1) is 41.1. The summed E-state index contributed by atoms with van der Waals surface area (Å²) in [5.41, 5.74) is 3.36. The van der Waals surface area contributed by atoms with Gasteiger partial charge in [-0.05, 0) is 81.9 Å². The van der Waals surface area contributed by atoms with E-state index in [-0.39, 0.29) is 67.4 Å². The van der Waals surface area contributed by atoms with Crippen molar-refractivity contribution >= 4 is 64.3 Å². The van der Waals surface area contributed by atoms with E-state index in [1.165, 1.54) is 12.0 Å². The smallest absolute Gasteiger partial charge is 0.255 e. The van der Waals surface area contributed by atoms with Crippen LogP contribution >= 0.6 is 0 Å². The zero-order valence-corrected chi connectivity index (χ0v) is 33.8. The molecule has 3 aliphatic heterocycles. The Morgan fingerprint density at radius 1 is 0.983 bits per heavy atom. The van der Waals surface area contributed by atoms with Crippen molar-refractivity contribution in [3.8, 4) is 5.75 Å². The number of benzene rings is 2. The number of carbonyl (C=O) groups is 6. The third-order valence-corrected chi connectivity index (χ3v) is 11.6. The van der Waals surface area contributed by atoms with Crippen LogP contribution in [-0.4, -0.2) is 102 Å². The molecule has 1 aromatic heterocycles. The van der Waals surface area contributed by atoms with E-state index in [1.54, 1.807) is 54.5 Å². The Morgan fingerprint density at radius 3 is 2.54 bits per heavy atom. The fourth-order valence-corrected chi connectivity index (χ4v) is 8.43. The molecule has 7 rings (SSSR count). The molecule has 6 amide bonds. The molecule has 4 heterocycles. The summed E-state index contributed by atoms with van der Waals surface area (Å²) < 4.78 is 5.64. The highest BCUT2D eigenvalue weighted by Gasteiger charge is 2.42. The predicted octanol–water partition coefficient (Wildman–Crippen LogP) is 3.62. The minimum atomic E-state index is -0.725. The number of hydrogen-bond donors (Lipinski definition) is 5. The topological polar surface area (TPSA) is 207 Å². The number of hydrogen-bond acceptors (Lipinski definition) is 12. The van der Waals surface area contributed by atoms with Gasteiger partial charge < -0.3 is 40.7 Å². The van der Waals surface area contributed by atoms with Gasteiger partial charge in [-0.25, -0.2) is 4.98 Å². The van der Waals surface area contributed by atoms with Gasteiger partial charge in [-0.15, -0.1) is 0 Å². The number of fused-ring (bicyclic) bond motifs is 2. The quantitative estimate of drug-likeness (QED) is 0.104. The number of ether oxygens (including phenoxy) is 1. The van der Waals surface area contributed by atoms with Crippen LogP contribution < -0.4 is 41.1 Å². The summed E-state index contributed by atoms with van der Waals surface area (Å²) >= 11 is 0. The van der Waals surface area contributed by atoms with Gasteiger partial charge in [0.2, 0.25) is 29.6 Å². The maximum absolute atomic E-state index is 13.2. The van der Waals surface area contributed by atoms with Crippen LogP contribution in [0.15, 0.2) is 42.6 Å². The standard InChI is InChI=1S/C42H52N10O7/c1-4-31-41(58)50(2)33-23-45-42(49-37(33)52(31)26-10-5-6-11-26)47-30-16-15-25(22-34(30)59-3)38(55)44-21-9-20-43-19-8-14-35(53)46-29-13-7-12-27-28(29)24-51(40(27)57)32-17-18-36(54)48-39(32)56/h7,12-13,15-16,22-23,26,31-32,43H,4-6,8-11,14,17-21,24H2,1-3H3,(H,44,55)(H,46,53)(H,45,47,49)(H,48,54,56)/t31-,32?/m1/s1. The van der Waals surface area contributed by atoms with Crippen LogP contribution in [0.3, 0.4) is 0 Å². The maximum atomic E-state index is 13.2. The van der Waals surface area contributed by atoms with Crippen LogP contribution in [-0.2, 0) is 25.7 Å². The van der Waals surface area contributed by atoms with E-state index < -0.39 is 11.9 Å². The Morgan fingerprint density at radius 2 is 1.78 bits per heavy atom. The Kier molecular flexibility index (Phi) is 12.7. The molecule has 1 aliphatic carbocycles. The molecular weight excluding hydrogens is 757 g/mol. The van der Waals surface area contributed by atoms with E-state index in [0.29, 0.717) is 84.3 Å². The summed E-state index contributed by atoms with van der Waals surface area (Å²) in [5, 5.41) is 14.7. The lowest BCUT2D eigenvalue weighted by molar-refractivity contribution is -0.137. The monoisotopic (exact) mass is 808 g/mol. The maximum Gasteiger partial charge on any atom is 0.255 e. The van der Waals surface area contributed by atoms with Crippen molar-refractivity contribution in [3.63, 3.8) is 0 Å². The number of likely N-dealkylation sites (N-methyl/N-ethyl adjacent to an activating group) is 1. The average molecular weight is 809 g/mol. The normalized spacial score (nSPS) is 19.1. The molecule has 17 heteroatoms. The second-order valence-electron chi connectivity index (χ2n) is 15.4. The van der Waals surface area contributed by atoms with Crippen molar-refractivity contribution in [2.75, 3.05) is 54.2 Å². The number of aromatic nitrogens is 2. The van der Waals surface area contributed by atoms with E-state index in [4.69, 9.17) is 9.72 Å². The van der Waals surface area contributed by atoms with Gasteiger partial charge in [0.25, 0.3) is 11.8 Å². The zero-order valence-electron chi connectivity index (χ0n) is 33.8. The van der Waals surface area contributed by atoms with Crippen LogP contribution in [0, 0.1) is 0 Å². The first-order valence-electron chi connectivity index (χ1n) is 20.5. The van der Waals surface area contributed by atoms with Gasteiger partial charge in [0.15, 0.2) is 5.82 Å². The fraction of sp³-hybridized carbons (Fsp3) is 0.476. The van der Waals surface area contributed by atoms with E-state index in [2.05, 4.69) is 36.5 Å². The molecule has 5 N–H and O–H groups in total. The largest absolute Gasteiger partial charge is 0.495 e. The third kappa shape index (κ3) is 8.84. The van der Waals surface area contributed by atoms with Gasteiger partial charge in [0, 0.05) is 61.4 Å². The van der Waals surface area contributed by atoms with E-state index in [0.717, 1.165) is 31.5 Å². The highest BCUT2D eigenvalue weighted by atomic mass is 16.5. The molecular formula is C42H52N10O7. The van der Waals surface area contributed by atoms with Gasteiger partial charge in [-0.3, -0.25) is 34.1 Å². The molecule has 1 saturated carbocycles. The molecule has 2 fully saturated rings. The van der Waals surface area contributed by atoms with Gasteiger partial charge in [-0.2, -0.15) is 4.98 Å². The highest BCUT2D eigenvalue weighted by molar-refractivity contribution is 6.07. The lowest BCUT2D eigenvalue weighted by Crippen LogP contribution is -2.55. The number of nitrogens with one attached hydrogen (secondary N) is 5. The first-order valence-corrected chi connectivity index (χ1v) is 20.5. The lowest BCUT2D eigenvalue weighted by atomic mass is 10.0. The van der Waals surface area contributed by atoms with Crippen LogP contribution in [0.2, 0.25) is 0 Å². The molecule has 0 spiro atoms. The van der Waals surface area contributed by atoms with Gasteiger partial charge >= 0.3 is 0 Å². The summed E-state index contributed by atoms with van der Waals surface area (Å²) in [6, 6.07) is 9.51. The summed E-state index contributed by atoms with van der Waals surface area (Å²) in [7, 11) is 3.31. The predicted molar refractivity (Wildman–Crippen MR) is 221 cm³/mol. The summed E-state index contributed by atoms with van der Waals surface area (Å²) in [6.07, 6.45) is 8.64. The van der Waals surface area contributed by atoms with Crippen LogP contribution in [0.25, 0.3) is 0 Å². The van der Waals surface area contributed by atoms with Crippen molar-refractivity contribution in [1.82, 2.24) is 30.8 Å². The molecule has 59 heavy (non-hydrogen) atoms. The summed E-state index contributed by atoms with van der Waals surface area (Å²) in [5.74, 6) is 0.0722. The van der Waals surface area contributed by atoms with E-state index in [1.807, 2.05) is 6.92 Å². The Balaban J connectivity index is 0.839. The van der Waals surface area contributed by atoms with Gasteiger partial charge in [0.05, 0.1) is 19.0 Å². The van der Waals surface area contributed by atoms with Crippen molar-refractivity contribution < 1.29 is 33.5 Å². The number of piperidine rings is 1. The summed E-state index contributed by atoms with van der Waals surface area (Å²) in [6.45, 7) is 3.89. The molecule has 2 aromatic carbocycles. The molecule has 0 bridgehead atoms. The van der Waals surface area contributed by atoms with Crippen molar-refractivity contribution in [3.05, 3.63) is 59.3 Å². The fourth-order valence-electron chi connectivity index (χ4n) is 8.43. The third-order valence-electron chi connectivity index (χ3n) is 11.6. The number of nitrogens with zero attached hydrogens (tertiary/aromatic N) is 5. The van der Waals surface area contributed by atoms with Crippen molar-refractivity contribution in [2.45, 2.75) is 95.8 Å². The van der Waals surface area contributed by atoms with Crippen molar-refractivity contribution in [1.29, 1.82) is 0 Å². The molecule has 17 nitrogen and oxygen atoms in total. The molecule has 1 saturated heterocycles. The minimum Gasteiger partial charge on any atom is -0.495 e. The van der Waals surface area contributed by atoms with Crippen molar-refractivity contribution in [2.24, 2.45) is 0 Å². The number of anilines is 5. The average Bonchev–Trinajstić information content (AvgIpc) is 3.89. The Labute approximate surface area is 343 Å². The SMILES string of the molecule is CC[C@@H]1C(=O)N(C)c2cnc(Nc3ccc(C(=O)NCCCNCCCC(=O)Nc4cccc5c4CN(C4CCC(=O)NC4=O)C5=O)cc3OC)nc2N1C1CCCC1. The number of imide groups is 1. The second kappa shape index (κ2) is 18.2. The molecule has 1 unspecified atom stereocenters. The number of carbonyl (C=O) groups excluding carboxylic acids is 6. The zero-order chi connectivity index (χ0) is 41.6. The first-order chi connectivity index (χ1) is 28.6. The van der Waals surface area contributed by atoms with Crippen LogP contribution in [0.5, 0.6) is 5.75 Å². The molecule has 4 aliphatic rings. The Bertz CT molecular complexity index is 2120. The molecule has 3 aromatic rings. The van der Waals surface area contributed by atoms with E-state index >= 15 is 0 Å². The molecule has 2 atom stereocenters. The summed E-state index contributed by atoms with van der Waals surface area (Å²) in [4.78, 5) is 90.9. The van der Waals surface area contributed by atoms with Crippen LogP contribution in [0.4, 0.5) is 28.8 Å².